The van der Waals surface area contributed by atoms with Crippen LogP contribution in [0.1, 0.15) is 30.5 Å². The predicted octanol–water partition coefficient (Wildman–Crippen LogP) is 3.74. The fourth-order valence-corrected chi connectivity index (χ4v) is 4.98. The van der Waals surface area contributed by atoms with Crippen molar-refractivity contribution in [1.82, 2.24) is 9.62 Å². The third-order valence-electron chi connectivity index (χ3n) is 4.60. The van der Waals surface area contributed by atoms with E-state index in [0.29, 0.717) is 25.4 Å². The van der Waals surface area contributed by atoms with Crippen molar-refractivity contribution >= 4 is 27.7 Å². The van der Waals surface area contributed by atoms with Gasteiger partial charge in [-0.15, -0.1) is 11.8 Å². The first-order valence-electron chi connectivity index (χ1n) is 9.33. The van der Waals surface area contributed by atoms with Crippen LogP contribution in [0.25, 0.3) is 0 Å². The van der Waals surface area contributed by atoms with Gasteiger partial charge in [0.25, 0.3) is 0 Å². The molecule has 5 nitrogen and oxygen atoms in total. The number of amides is 1. The fourth-order valence-electron chi connectivity index (χ4n) is 2.70. The molecule has 2 aromatic rings. The normalized spacial score (nSPS) is 11.6. The zero-order chi connectivity index (χ0) is 20.7. The van der Waals surface area contributed by atoms with Crippen LogP contribution >= 0.6 is 11.8 Å². The molecule has 0 aliphatic heterocycles. The van der Waals surface area contributed by atoms with Gasteiger partial charge in [-0.25, -0.2) is 8.42 Å². The van der Waals surface area contributed by atoms with Crippen LogP contribution in [0.3, 0.4) is 0 Å². The molecule has 0 saturated carbocycles. The average Bonchev–Trinajstić information content (AvgIpc) is 2.68. The molecule has 2 rings (SSSR count). The van der Waals surface area contributed by atoms with Gasteiger partial charge in [0.05, 0.1) is 10.6 Å². The summed E-state index contributed by atoms with van der Waals surface area (Å²) >= 11 is 1.50. The molecular weight excluding hydrogens is 392 g/mol. The summed E-state index contributed by atoms with van der Waals surface area (Å²) in [5.74, 6) is 0.291. The second-order valence-electron chi connectivity index (χ2n) is 6.54. The minimum Gasteiger partial charge on any atom is -0.351 e. The van der Waals surface area contributed by atoms with E-state index < -0.39 is 10.0 Å². The van der Waals surface area contributed by atoms with Crippen molar-refractivity contribution in [2.75, 3.05) is 18.8 Å². The number of thioether (sulfide) groups is 1. The molecule has 0 saturated heterocycles. The van der Waals surface area contributed by atoms with Gasteiger partial charge >= 0.3 is 0 Å². The first-order chi connectivity index (χ1) is 13.3. The van der Waals surface area contributed by atoms with E-state index in [2.05, 4.69) is 31.3 Å². The number of benzene rings is 2. The standard InChI is InChI=1S/C21H28N2O3S2/c1-5-23(6-2)28(25,26)20-11-8-18(9-12-20)14-22-21(24)15-27-19-10-7-16(3)17(4)13-19/h7-13H,5-6,14-15H2,1-4H3,(H,22,24). The van der Waals surface area contributed by atoms with Gasteiger partial charge in [-0.3, -0.25) is 4.79 Å². The molecule has 0 unspecified atom stereocenters. The van der Waals surface area contributed by atoms with Crippen LogP contribution < -0.4 is 5.32 Å². The van der Waals surface area contributed by atoms with Gasteiger partial charge < -0.3 is 5.32 Å². The maximum atomic E-state index is 12.5. The highest BCUT2D eigenvalue weighted by atomic mass is 32.2. The van der Waals surface area contributed by atoms with Gasteiger partial charge in [-0.2, -0.15) is 4.31 Å². The Kier molecular flexibility index (Phi) is 8.10. The molecule has 0 fully saturated rings. The Morgan fingerprint density at radius 3 is 2.21 bits per heavy atom. The Morgan fingerprint density at radius 1 is 1.00 bits per heavy atom. The number of carbonyl (C=O) groups is 1. The summed E-state index contributed by atoms with van der Waals surface area (Å²) < 4.78 is 26.4. The van der Waals surface area contributed by atoms with Crippen molar-refractivity contribution in [1.29, 1.82) is 0 Å². The van der Waals surface area contributed by atoms with Gasteiger partial charge in [0, 0.05) is 24.5 Å². The van der Waals surface area contributed by atoms with Crippen molar-refractivity contribution in [3.8, 4) is 0 Å². The molecule has 152 valence electrons. The molecule has 0 radical (unpaired) electrons. The van der Waals surface area contributed by atoms with Crippen LogP contribution in [0.2, 0.25) is 0 Å². The molecule has 28 heavy (non-hydrogen) atoms. The first kappa shape index (κ1) is 22.5. The van der Waals surface area contributed by atoms with E-state index in [-0.39, 0.29) is 10.8 Å². The Hall–Kier alpha value is -1.83. The van der Waals surface area contributed by atoms with E-state index in [1.807, 2.05) is 19.9 Å². The van der Waals surface area contributed by atoms with Crippen LogP contribution in [0.5, 0.6) is 0 Å². The van der Waals surface area contributed by atoms with Gasteiger partial charge in [-0.1, -0.05) is 32.0 Å². The number of aryl methyl sites for hydroxylation is 2. The second kappa shape index (κ2) is 10.1. The van der Waals surface area contributed by atoms with E-state index in [9.17, 15) is 13.2 Å². The highest BCUT2D eigenvalue weighted by Crippen LogP contribution is 2.21. The molecule has 7 heteroatoms. The van der Waals surface area contributed by atoms with Crippen molar-refractivity contribution in [2.24, 2.45) is 0 Å². The predicted molar refractivity (Wildman–Crippen MR) is 115 cm³/mol. The lowest BCUT2D eigenvalue weighted by atomic mass is 10.1. The molecule has 2 aromatic carbocycles. The van der Waals surface area contributed by atoms with E-state index in [4.69, 9.17) is 0 Å². The van der Waals surface area contributed by atoms with E-state index in [1.54, 1.807) is 24.3 Å². The molecule has 0 aliphatic carbocycles. The molecule has 0 heterocycles. The monoisotopic (exact) mass is 420 g/mol. The summed E-state index contributed by atoms with van der Waals surface area (Å²) in [5, 5.41) is 2.88. The van der Waals surface area contributed by atoms with E-state index in [1.165, 1.54) is 27.2 Å². The van der Waals surface area contributed by atoms with Crippen molar-refractivity contribution in [3.63, 3.8) is 0 Å². The summed E-state index contributed by atoms with van der Waals surface area (Å²) in [7, 11) is -3.45. The third kappa shape index (κ3) is 5.83. The van der Waals surface area contributed by atoms with Crippen molar-refractivity contribution in [3.05, 3.63) is 59.2 Å². The zero-order valence-corrected chi connectivity index (χ0v) is 18.5. The fraction of sp³-hybridized carbons (Fsp3) is 0.381. The van der Waals surface area contributed by atoms with E-state index >= 15 is 0 Å². The number of nitrogens with one attached hydrogen (secondary N) is 1. The molecule has 0 atom stereocenters. The average molecular weight is 421 g/mol. The van der Waals surface area contributed by atoms with Crippen LogP contribution in [-0.4, -0.2) is 37.5 Å². The van der Waals surface area contributed by atoms with Crippen LogP contribution in [-0.2, 0) is 21.4 Å². The van der Waals surface area contributed by atoms with Crippen LogP contribution in [0.15, 0.2) is 52.3 Å². The SMILES string of the molecule is CCN(CC)S(=O)(=O)c1ccc(CNC(=O)CSc2ccc(C)c(C)c2)cc1. The summed E-state index contributed by atoms with van der Waals surface area (Å²) in [6.07, 6.45) is 0. The number of rotatable bonds is 9. The molecule has 0 aromatic heterocycles. The zero-order valence-electron chi connectivity index (χ0n) is 16.9. The lowest BCUT2D eigenvalue weighted by Crippen LogP contribution is -2.30. The van der Waals surface area contributed by atoms with Crippen LogP contribution in [0.4, 0.5) is 0 Å². The molecule has 0 aliphatic rings. The maximum absolute atomic E-state index is 12.5. The Bertz CT molecular complexity index is 906. The highest BCUT2D eigenvalue weighted by molar-refractivity contribution is 8.00. The van der Waals surface area contributed by atoms with Gasteiger partial charge in [0.2, 0.25) is 15.9 Å². The largest absolute Gasteiger partial charge is 0.351 e. The van der Waals surface area contributed by atoms with Gasteiger partial charge in [0.1, 0.15) is 0 Å². The quantitative estimate of drug-likeness (QED) is 0.628. The molecule has 1 amide bonds. The number of hydrogen-bond donors (Lipinski definition) is 1. The number of sulfonamides is 1. The van der Waals surface area contributed by atoms with Gasteiger partial charge in [-0.05, 0) is 54.8 Å². The maximum Gasteiger partial charge on any atom is 0.243 e. The minimum atomic E-state index is -3.45. The molecule has 0 spiro atoms. The van der Waals surface area contributed by atoms with Crippen molar-refractivity contribution < 1.29 is 13.2 Å². The molecular formula is C21H28N2O3S2. The number of carbonyl (C=O) groups excluding carboxylic acids is 1. The van der Waals surface area contributed by atoms with Gasteiger partial charge in [0.15, 0.2) is 0 Å². The summed E-state index contributed by atoms with van der Waals surface area (Å²) in [6.45, 7) is 9.02. The summed E-state index contributed by atoms with van der Waals surface area (Å²) in [4.78, 5) is 13.4. The third-order valence-corrected chi connectivity index (χ3v) is 7.66. The van der Waals surface area contributed by atoms with Crippen molar-refractivity contribution in [2.45, 2.75) is 44.0 Å². The minimum absolute atomic E-state index is 0.0527. The lowest BCUT2D eigenvalue weighted by molar-refractivity contribution is -0.118. The topological polar surface area (TPSA) is 66.5 Å². The number of hydrogen-bond acceptors (Lipinski definition) is 4. The Balaban J connectivity index is 1.88. The Labute approximate surface area is 172 Å². The van der Waals surface area contributed by atoms with Crippen LogP contribution in [0, 0.1) is 13.8 Å². The summed E-state index contributed by atoms with van der Waals surface area (Å²) in [6, 6.07) is 12.8. The number of nitrogens with zero attached hydrogens (tertiary/aromatic N) is 1. The van der Waals surface area contributed by atoms with E-state index in [0.717, 1.165) is 10.5 Å². The highest BCUT2D eigenvalue weighted by Gasteiger charge is 2.21. The molecule has 0 bridgehead atoms. The molecule has 1 N–H and O–H groups in total. The summed E-state index contributed by atoms with van der Waals surface area (Å²) in [5.41, 5.74) is 3.31. The smallest absolute Gasteiger partial charge is 0.243 e. The second-order valence-corrected chi connectivity index (χ2v) is 9.53. The first-order valence-corrected chi connectivity index (χ1v) is 11.8. The lowest BCUT2D eigenvalue weighted by Gasteiger charge is -2.18. The Morgan fingerprint density at radius 2 is 1.64 bits per heavy atom.